The zero-order valence-corrected chi connectivity index (χ0v) is 89.2. The van der Waals surface area contributed by atoms with E-state index < -0.39 is 0 Å². The van der Waals surface area contributed by atoms with Crippen LogP contribution in [0, 0.1) is 27.7 Å². The maximum atomic E-state index is 12.4. The fourth-order valence-corrected chi connectivity index (χ4v) is 29.8. The first-order valence-electron chi connectivity index (χ1n) is 50.2. The van der Waals surface area contributed by atoms with E-state index in [4.69, 9.17) is 0 Å². The minimum Gasteiger partial charge on any atom is -0.507 e. The molecule has 13 rings (SSSR count). The van der Waals surface area contributed by atoms with Crippen molar-refractivity contribution in [3.8, 4) is 34.5 Å². The van der Waals surface area contributed by atoms with E-state index in [9.17, 15) is 30.6 Å². The molecular weight excluding hydrogens is 1710 g/mol. The molecule has 6 N–H and O–H groups in total. The Balaban J connectivity index is 0.000000198. The van der Waals surface area contributed by atoms with Crippen LogP contribution in [-0.2, 0) is 77.8 Å². The van der Waals surface area contributed by atoms with E-state index in [1.807, 2.05) is 74.7 Å². The lowest BCUT2D eigenvalue weighted by Crippen LogP contribution is -2.31. The summed E-state index contributed by atoms with van der Waals surface area (Å²) in [4.78, 5) is 0. The van der Waals surface area contributed by atoms with Crippen LogP contribution in [0.5, 0.6) is 34.5 Å². The van der Waals surface area contributed by atoms with Crippen LogP contribution in [0.1, 0.15) is 416 Å². The number of aromatic hydroxyl groups is 6. The van der Waals surface area contributed by atoms with Crippen molar-refractivity contribution in [2.75, 3.05) is 0 Å². The first kappa shape index (κ1) is 105. The number of hydrogen-bond acceptors (Lipinski definition) is 12. The molecule has 5 aliphatic rings. The highest BCUT2D eigenvalue weighted by Gasteiger charge is 2.43. The zero-order chi connectivity index (χ0) is 94.3. The van der Waals surface area contributed by atoms with Gasteiger partial charge in [-0.15, -0.1) is 0 Å². The lowest BCUT2D eigenvalue weighted by atomic mass is 9.64. The quantitative estimate of drug-likeness (QED) is 0.0388. The Morgan fingerprint density at radius 3 is 0.600 bits per heavy atom. The van der Waals surface area contributed by atoms with E-state index in [1.54, 1.807) is 0 Å². The van der Waals surface area contributed by atoms with Crippen molar-refractivity contribution in [1.29, 1.82) is 0 Å². The SMILES string of the molecule is CC(C)(C)c1cc(CS[C@H]2CCCCCC[C@@H]2SCc2cc(C(C)(C)C)cc(C3(c4ccccc4)CCCCC3)c2O)c(O)c(C2(c3ccccc3)CCCCC2)c1.Cc1cc(C(C)(C)C)cc(CS[C@H]2CCCCCC[C@@H]2SCc2cc(C(C)(C)C)cc(C)c2O)c1O.Cc1cc(C(C)(C)C)cc(CS[C@H]2CCCCCC[C@@H]2SCc2cc(C(C)(C)C)cc(C)c2O)c1O. The molecule has 0 heterocycles. The molecule has 712 valence electrons. The Labute approximate surface area is 815 Å². The predicted molar refractivity (Wildman–Crippen MR) is 574 cm³/mol. The van der Waals surface area contributed by atoms with E-state index in [0.29, 0.717) is 66.0 Å². The van der Waals surface area contributed by atoms with Crippen LogP contribution in [0.3, 0.4) is 0 Å². The van der Waals surface area contributed by atoms with Gasteiger partial charge in [-0.2, -0.15) is 70.6 Å². The maximum absolute atomic E-state index is 12.4. The zero-order valence-electron chi connectivity index (χ0n) is 84.3. The van der Waals surface area contributed by atoms with E-state index >= 15 is 0 Å². The highest BCUT2D eigenvalue weighted by atomic mass is 32.2. The van der Waals surface area contributed by atoms with Gasteiger partial charge < -0.3 is 30.6 Å². The molecule has 0 unspecified atom stereocenters. The molecule has 8 aromatic rings. The molecule has 0 aliphatic heterocycles. The summed E-state index contributed by atoms with van der Waals surface area (Å²) in [7, 11) is 0. The molecular formula is C118H168O6S6. The standard InChI is InChI=1S/C54H72O2S2.2C32H48O2S2/c1-51(2,3)43-33-39(49(55)45(35-43)53(29-19-11-20-30-53)41-23-13-9-14-24-41)37-57-47-27-17-7-8-18-28-48(47)58-38-40-34-44(52(4,5)6)36-46(50(40)56)54(31-21-12-22-32-54)42-25-15-10-16-26-42;2*1-21-15-25(31(3,4)5)17-23(29(21)33)19-35-27-13-11-9-10-12-14-28(27)36-20-24-18-26(32(6,7)8)16-22(2)30(24)34/h9-10,13-16,23-26,33-36,47-48,55-56H,7-8,11-12,17-22,27-32,37-38H2,1-6H3;2*15-18,27-28,33-34H,9-14,19-20H2,1-8H3/t47-,48-;2*27-,28-/m000/s1. The number of aryl methyl sites for hydroxylation is 4. The van der Waals surface area contributed by atoms with Crippen molar-refractivity contribution in [3.05, 3.63) is 245 Å². The molecule has 0 bridgehead atoms. The molecule has 12 heteroatoms. The molecule has 0 radical (unpaired) electrons. The van der Waals surface area contributed by atoms with E-state index in [-0.39, 0.29) is 43.3 Å². The number of rotatable bonds is 22. The second kappa shape index (κ2) is 46.2. The fraction of sp³-hybridized carbons (Fsp3) is 0.593. The largest absolute Gasteiger partial charge is 0.507 e. The normalized spacial score (nSPS) is 20.5. The average molecular weight is 1880 g/mol. The summed E-state index contributed by atoms with van der Waals surface area (Å²) in [6.45, 7) is 48.9. The van der Waals surface area contributed by atoms with Gasteiger partial charge in [0.1, 0.15) is 34.5 Å². The van der Waals surface area contributed by atoms with Gasteiger partial charge in [0.25, 0.3) is 0 Å². The van der Waals surface area contributed by atoms with Crippen LogP contribution in [-0.4, -0.2) is 62.1 Å². The number of hydrogen-bond donors (Lipinski definition) is 6. The van der Waals surface area contributed by atoms with Gasteiger partial charge in [-0.25, -0.2) is 0 Å². The lowest BCUT2D eigenvalue weighted by molar-refractivity contribution is 0.331. The highest BCUT2D eigenvalue weighted by molar-refractivity contribution is 8.04. The van der Waals surface area contributed by atoms with Gasteiger partial charge in [0.15, 0.2) is 0 Å². The summed E-state index contributed by atoms with van der Waals surface area (Å²) in [5, 5.41) is 71.4. The molecule has 5 saturated carbocycles. The van der Waals surface area contributed by atoms with Crippen molar-refractivity contribution in [1.82, 2.24) is 0 Å². The highest BCUT2D eigenvalue weighted by Crippen LogP contribution is 2.55. The number of phenols is 6. The molecule has 0 amide bonds. The van der Waals surface area contributed by atoms with Crippen molar-refractivity contribution in [3.63, 3.8) is 0 Å². The van der Waals surface area contributed by atoms with Crippen LogP contribution in [0.4, 0.5) is 0 Å². The lowest BCUT2D eigenvalue weighted by Gasteiger charge is -2.40. The third-order valence-corrected chi connectivity index (χ3v) is 38.7. The van der Waals surface area contributed by atoms with Crippen LogP contribution >= 0.6 is 70.6 Å². The van der Waals surface area contributed by atoms with Crippen LogP contribution in [0.25, 0.3) is 0 Å². The monoisotopic (exact) mass is 1870 g/mol. The Bertz CT molecular complexity index is 4480. The van der Waals surface area contributed by atoms with Gasteiger partial charge in [-0.1, -0.05) is 374 Å². The third-order valence-electron chi connectivity index (χ3n) is 29.3. The molecule has 5 fully saturated rings. The van der Waals surface area contributed by atoms with E-state index in [2.05, 4.69) is 282 Å². The molecule has 8 aromatic carbocycles. The van der Waals surface area contributed by atoms with E-state index in [0.717, 1.165) is 127 Å². The van der Waals surface area contributed by atoms with Gasteiger partial charge in [-0.3, -0.25) is 0 Å². The molecule has 0 aromatic heterocycles. The number of benzene rings is 8. The van der Waals surface area contributed by atoms with Crippen LogP contribution in [0.15, 0.2) is 133 Å². The summed E-state index contributed by atoms with van der Waals surface area (Å²) in [5.41, 5.74) is 23.2. The number of phenolic OH excluding ortho intramolecular Hbond substituents is 6. The number of thioether (sulfide) groups is 6. The van der Waals surface area contributed by atoms with Crippen molar-refractivity contribution in [2.24, 2.45) is 0 Å². The van der Waals surface area contributed by atoms with E-state index in [1.165, 1.54) is 199 Å². The van der Waals surface area contributed by atoms with Crippen molar-refractivity contribution < 1.29 is 30.6 Å². The topological polar surface area (TPSA) is 121 Å². The van der Waals surface area contributed by atoms with Gasteiger partial charge in [0, 0.05) is 121 Å². The summed E-state index contributed by atoms with van der Waals surface area (Å²) in [6, 6.07) is 49.0. The summed E-state index contributed by atoms with van der Waals surface area (Å²) in [6.07, 6.45) is 34.6. The van der Waals surface area contributed by atoms with Gasteiger partial charge in [0.05, 0.1) is 0 Å². The molecule has 130 heavy (non-hydrogen) atoms. The average Bonchev–Trinajstić information content (AvgIpc) is 0.748. The second-order valence-corrected chi connectivity index (χ2v) is 53.2. The molecule has 6 atom stereocenters. The Hall–Kier alpha value is -5.34. The minimum absolute atomic E-state index is 0.0216. The fourth-order valence-electron chi connectivity index (χ4n) is 20.6. The Kier molecular flexibility index (Phi) is 37.4. The molecule has 5 aliphatic carbocycles. The summed E-state index contributed by atoms with van der Waals surface area (Å²) < 4.78 is 0. The molecule has 0 spiro atoms. The summed E-state index contributed by atoms with van der Waals surface area (Å²) in [5.74, 6) is 7.97. The summed E-state index contributed by atoms with van der Waals surface area (Å²) >= 11 is 12.3. The maximum Gasteiger partial charge on any atom is 0.123 e. The van der Waals surface area contributed by atoms with Crippen molar-refractivity contribution in [2.45, 2.75) is 441 Å². The third kappa shape index (κ3) is 27.8. The first-order valence-corrected chi connectivity index (χ1v) is 56.5. The first-order chi connectivity index (χ1) is 61.4. The van der Waals surface area contributed by atoms with Crippen molar-refractivity contribution >= 4 is 70.6 Å². The predicted octanol–water partition coefficient (Wildman–Crippen LogP) is 34.6. The van der Waals surface area contributed by atoms with Gasteiger partial charge in [0.2, 0.25) is 0 Å². The second-order valence-electron chi connectivity index (χ2n) is 45.9. The smallest absolute Gasteiger partial charge is 0.123 e. The van der Waals surface area contributed by atoms with Crippen LogP contribution < -0.4 is 0 Å². The van der Waals surface area contributed by atoms with Crippen LogP contribution in [0.2, 0.25) is 0 Å². The van der Waals surface area contributed by atoms with Gasteiger partial charge in [-0.05, 0) is 191 Å². The Morgan fingerprint density at radius 2 is 0.408 bits per heavy atom. The molecule has 6 nitrogen and oxygen atoms in total. The van der Waals surface area contributed by atoms with Gasteiger partial charge >= 0.3 is 0 Å². The molecule has 0 saturated heterocycles. The Morgan fingerprint density at radius 1 is 0.231 bits per heavy atom. The minimum atomic E-state index is -0.151.